The summed E-state index contributed by atoms with van der Waals surface area (Å²) < 4.78 is 0.451. The van der Waals surface area contributed by atoms with Crippen LogP contribution in [-0.2, 0) is 6.42 Å². The molecule has 1 aromatic heterocycles. The normalized spacial score (nSPS) is 10.1. The van der Waals surface area contributed by atoms with Crippen molar-refractivity contribution in [1.29, 1.82) is 0 Å². The fraction of sp³-hybridized carbons (Fsp3) is 0.429. The molecule has 0 bridgehead atoms. The lowest BCUT2D eigenvalue weighted by atomic mass is 10.2. The van der Waals surface area contributed by atoms with Crippen LogP contribution in [0.3, 0.4) is 0 Å². The zero-order chi connectivity index (χ0) is 8.43. The highest BCUT2D eigenvalue weighted by Gasteiger charge is 2.11. The molecule has 0 amide bonds. The molecule has 0 unspecified atom stereocenters. The zero-order valence-corrected chi connectivity index (χ0v) is 7.92. The number of thiazole rings is 1. The van der Waals surface area contributed by atoms with E-state index in [1.54, 1.807) is 0 Å². The number of halogens is 1. The van der Waals surface area contributed by atoms with E-state index >= 15 is 0 Å². The molecule has 0 spiro atoms. The van der Waals surface area contributed by atoms with Crippen LogP contribution in [0.15, 0.2) is 0 Å². The number of nitrogens with zero attached hydrogens (tertiary/aromatic N) is 1. The average Bonchev–Trinajstić information content (AvgIpc) is 2.30. The first kappa shape index (κ1) is 8.68. The van der Waals surface area contributed by atoms with Crippen LogP contribution < -0.4 is 0 Å². The smallest absolute Gasteiger partial charge is 0.184 e. The first-order valence-corrected chi connectivity index (χ1v) is 4.50. The van der Waals surface area contributed by atoms with Crippen LogP contribution in [0, 0.1) is 0 Å². The molecule has 0 fully saturated rings. The van der Waals surface area contributed by atoms with Gasteiger partial charge in [-0.1, -0.05) is 18.5 Å². The second kappa shape index (κ2) is 3.32. The summed E-state index contributed by atoms with van der Waals surface area (Å²) in [6, 6.07) is 0. The summed E-state index contributed by atoms with van der Waals surface area (Å²) in [4.78, 5) is 15.8. The Morgan fingerprint density at radius 1 is 1.73 bits per heavy atom. The van der Waals surface area contributed by atoms with Gasteiger partial charge in [0.05, 0.1) is 0 Å². The summed E-state index contributed by atoms with van der Waals surface area (Å²) in [5.41, 5.74) is 0.530. The van der Waals surface area contributed by atoms with Gasteiger partial charge < -0.3 is 0 Å². The number of hydrogen-bond acceptors (Lipinski definition) is 3. The van der Waals surface area contributed by atoms with Crippen LogP contribution in [0.5, 0.6) is 0 Å². The molecule has 0 aliphatic heterocycles. The number of hydrogen-bond donors (Lipinski definition) is 0. The Bertz CT molecular complexity index is 282. The minimum absolute atomic E-state index is 0.00926. The summed E-state index contributed by atoms with van der Waals surface area (Å²) in [7, 11) is 0. The third kappa shape index (κ3) is 1.79. The van der Waals surface area contributed by atoms with Crippen molar-refractivity contribution in [3.05, 3.63) is 15.0 Å². The third-order valence-corrected chi connectivity index (χ3v) is 2.63. The Balaban J connectivity index is 3.12. The highest BCUT2D eigenvalue weighted by molar-refractivity contribution is 7.16. The molecule has 0 N–H and O–H groups in total. The second-order valence-electron chi connectivity index (χ2n) is 2.15. The largest absolute Gasteiger partial charge is 0.293 e. The molecule has 0 aliphatic carbocycles. The van der Waals surface area contributed by atoms with Gasteiger partial charge in [0.15, 0.2) is 10.3 Å². The van der Waals surface area contributed by atoms with Gasteiger partial charge in [0.2, 0.25) is 0 Å². The molecule has 0 radical (unpaired) electrons. The second-order valence-corrected chi connectivity index (χ2v) is 3.81. The quantitative estimate of drug-likeness (QED) is 0.670. The Labute approximate surface area is 74.2 Å². The van der Waals surface area contributed by atoms with E-state index in [9.17, 15) is 4.79 Å². The summed E-state index contributed by atoms with van der Waals surface area (Å²) in [5, 5.41) is 0. The lowest BCUT2D eigenvalue weighted by Crippen LogP contribution is -1.95. The van der Waals surface area contributed by atoms with E-state index in [0.717, 1.165) is 11.3 Å². The number of carbonyl (C=O) groups is 1. The van der Waals surface area contributed by atoms with E-state index in [1.807, 2.05) is 6.92 Å². The van der Waals surface area contributed by atoms with Gasteiger partial charge in [-0.3, -0.25) is 4.79 Å². The molecule has 0 aliphatic rings. The Morgan fingerprint density at radius 2 is 2.36 bits per heavy atom. The minimum atomic E-state index is -0.00926. The van der Waals surface area contributed by atoms with Crippen molar-refractivity contribution >= 4 is 28.7 Å². The average molecular weight is 190 g/mol. The number of rotatable bonds is 2. The molecule has 11 heavy (non-hydrogen) atoms. The molecular formula is C7H8ClNOS. The van der Waals surface area contributed by atoms with Gasteiger partial charge in [-0.2, -0.15) is 0 Å². The van der Waals surface area contributed by atoms with E-state index in [2.05, 4.69) is 4.98 Å². The van der Waals surface area contributed by atoms with Crippen LogP contribution in [0.4, 0.5) is 0 Å². The monoisotopic (exact) mass is 189 g/mol. The van der Waals surface area contributed by atoms with Crippen molar-refractivity contribution in [1.82, 2.24) is 4.98 Å². The summed E-state index contributed by atoms with van der Waals surface area (Å²) in [6.07, 6.45) is 0.819. The van der Waals surface area contributed by atoms with Crippen molar-refractivity contribution in [2.75, 3.05) is 0 Å². The molecule has 0 atom stereocenters. The fourth-order valence-corrected chi connectivity index (χ4v) is 1.97. The summed E-state index contributed by atoms with van der Waals surface area (Å²) >= 11 is 7.02. The van der Waals surface area contributed by atoms with Crippen LogP contribution in [0.2, 0.25) is 4.47 Å². The first-order chi connectivity index (χ1) is 5.15. The maximum atomic E-state index is 10.9. The van der Waals surface area contributed by atoms with Gasteiger partial charge >= 0.3 is 0 Å². The molecule has 1 rings (SSSR count). The molecule has 2 nitrogen and oxygen atoms in total. The van der Waals surface area contributed by atoms with Crippen molar-refractivity contribution < 1.29 is 4.79 Å². The standard InChI is InChI=1S/C7H8ClNOS/c1-3-5-6(4(2)10)9-7(8)11-5/h3H2,1-2H3. The lowest BCUT2D eigenvalue weighted by molar-refractivity contribution is 0.101. The topological polar surface area (TPSA) is 30.0 Å². The van der Waals surface area contributed by atoms with E-state index < -0.39 is 0 Å². The molecule has 0 saturated heterocycles. The van der Waals surface area contributed by atoms with Gasteiger partial charge in [0, 0.05) is 11.8 Å². The van der Waals surface area contributed by atoms with Crippen molar-refractivity contribution in [2.45, 2.75) is 20.3 Å². The fourth-order valence-electron chi connectivity index (χ4n) is 0.838. The van der Waals surface area contributed by atoms with E-state index in [4.69, 9.17) is 11.6 Å². The maximum absolute atomic E-state index is 10.9. The lowest BCUT2D eigenvalue weighted by Gasteiger charge is -1.90. The highest BCUT2D eigenvalue weighted by Crippen LogP contribution is 2.23. The van der Waals surface area contributed by atoms with Crippen molar-refractivity contribution in [3.8, 4) is 0 Å². The number of carbonyl (C=O) groups excluding carboxylic acids is 1. The maximum Gasteiger partial charge on any atom is 0.184 e. The molecule has 0 aromatic carbocycles. The number of aryl methyl sites for hydroxylation is 1. The predicted octanol–water partition coefficient (Wildman–Crippen LogP) is 2.56. The molecule has 60 valence electrons. The number of ketones is 1. The molecule has 4 heteroatoms. The van der Waals surface area contributed by atoms with Crippen molar-refractivity contribution in [2.24, 2.45) is 0 Å². The first-order valence-electron chi connectivity index (χ1n) is 3.31. The minimum Gasteiger partial charge on any atom is -0.293 e. The summed E-state index contributed by atoms with van der Waals surface area (Å²) in [6.45, 7) is 3.49. The van der Waals surface area contributed by atoms with Crippen LogP contribution in [-0.4, -0.2) is 10.8 Å². The Morgan fingerprint density at radius 3 is 2.73 bits per heavy atom. The van der Waals surface area contributed by atoms with Gasteiger partial charge in [0.1, 0.15) is 5.69 Å². The van der Waals surface area contributed by atoms with E-state index in [0.29, 0.717) is 10.2 Å². The summed E-state index contributed by atoms with van der Waals surface area (Å²) in [5.74, 6) is -0.00926. The molecule has 1 heterocycles. The van der Waals surface area contributed by atoms with Gasteiger partial charge in [0.25, 0.3) is 0 Å². The zero-order valence-electron chi connectivity index (χ0n) is 6.35. The van der Waals surface area contributed by atoms with E-state index in [-0.39, 0.29) is 5.78 Å². The highest BCUT2D eigenvalue weighted by atomic mass is 35.5. The van der Waals surface area contributed by atoms with Crippen molar-refractivity contribution in [3.63, 3.8) is 0 Å². The van der Waals surface area contributed by atoms with Gasteiger partial charge in [-0.15, -0.1) is 11.3 Å². The SMILES string of the molecule is CCc1sc(Cl)nc1C(C)=O. The number of aromatic nitrogens is 1. The number of Topliss-reactive ketones (excluding diaryl/α,β-unsaturated/α-hetero) is 1. The molecular weight excluding hydrogens is 182 g/mol. The van der Waals surface area contributed by atoms with Gasteiger partial charge in [-0.05, 0) is 6.42 Å². The third-order valence-electron chi connectivity index (χ3n) is 1.33. The van der Waals surface area contributed by atoms with E-state index in [1.165, 1.54) is 18.3 Å². The van der Waals surface area contributed by atoms with Crippen LogP contribution >= 0.6 is 22.9 Å². The Hall–Kier alpha value is -0.410. The van der Waals surface area contributed by atoms with Gasteiger partial charge in [-0.25, -0.2) is 4.98 Å². The molecule has 0 saturated carbocycles. The van der Waals surface area contributed by atoms with Crippen LogP contribution in [0.25, 0.3) is 0 Å². The Kier molecular flexibility index (Phi) is 2.62. The predicted molar refractivity (Wildman–Crippen MR) is 46.5 cm³/mol. The van der Waals surface area contributed by atoms with Crippen LogP contribution in [0.1, 0.15) is 29.2 Å². The molecule has 1 aromatic rings.